The number of carbonyl (C=O) groups is 2. The van der Waals surface area contributed by atoms with Crippen LogP contribution in [0, 0.1) is 0 Å². The van der Waals surface area contributed by atoms with Gasteiger partial charge >= 0.3 is 11.9 Å². The third kappa shape index (κ3) is 4.35. The Labute approximate surface area is 128 Å². The Morgan fingerprint density at radius 2 is 1.91 bits per heavy atom. The zero-order chi connectivity index (χ0) is 16.8. The van der Waals surface area contributed by atoms with Crippen LogP contribution in [0.5, 0.6) is 0 Å². The Bertz CT molecular complexity index is 444. The summed E-state index contributed by atoms with van der Waals surface area (Å²) in [5.41, 5.74) is 0. The summed E-state index contributed by atoms with van der Waals surface area (Å²) in [5, 5.41) is 37.9. The van der Waals surface area contributed by atoms with E-state index in [1.165, 1.54) is 0 Å². The lowest BCUT2D eigenvalue weighted by molar-refractivity contribution is -0.259. The molecule has 1 aliphatic heterocycles. The average molecular weight is 318 g/mol. The third-order valence-electron chi connectivity index (χ3n) is 3.32. The molecule has 126 valence electrons. The van der Waals surface area contributed by atoms with Crippen LogP contribution in [0.1, 0.15) is 45.4 Å². The lowest BCUT2D eigenvalue weighted by Crippen LogP contribution is -2.50. The van der Waals surface area contributed by atoms with E-state index >= 15 is 0 Å². The first-order valence-corrected chi connectivity index (χ1v) is 7.23. The third-order valence-corrected chi connectivity index (χ3v) is 3.32. The number of aliphatic hydroxyl groups excluding tert-OH is 3. The molecule has 0 fully saturated rings. The number of rotatable bonds is 9. The lowest BCUT2D eigenvalue weighted by Gasteiger charge is -2.29. The van der Waals surface area contributed by atoms with E-state index in [1.807, 2.05) is 0 Å². The Kier molecular flexibility index (Phi) is 6.63. The predicted molar refractivity (Wildman–Crippen MR) is 73.7 cm³/mol. The van der Waals surface area contributed by atoms with Crippen molar-refractivity contribution in [1.29, 1.82) is 0 Å². The van der Waals surface area contributed by atoms with Crippen molar-refractivity contribution in [3.63, 3.8) is 0 Å². The minimum absolute atomic E-state index is 0.0170. The number of esters is 2. The number of hydrogen-bond donors (Lipinski definition) is 4. The molecule has 0 aromatic carbocycles. The number of unbranched alkanes of at least 4 members (excludes halogenated alkanes) is 4. The van der Waals surface area contributed by atoms with Crippen molar-refractivity contribution in [2.45, 2.75) is 57.3 Å². The maximum absolute atomic E-state index is 11.7. The van der Waals surface area contributed by atoms with Crippen molar-refractivity contribution < 1.29 is 39.5 Å². The number of cyclic esters (lactones) is 1. The van der Waals surface area contributed by atoms with Gasteiger partial charge in [-0.25, -0.2) is 4.79 Å². The van der Waals surface area contributed by atoms with E-state index in [9.17, 15) is 30.0 Å². The van der Waals surface area contributed by atoms with E-state index < -0.39 is 42.0 Å². The van der Waals surface area contributed by atoms with Crippen molar-refractivity contribution in [1.82, 2.24) is 0 Å². The summed E-state index contributed by atoms with van der Waals surface area (Å²) in [6, 6.07) is 0. The van der Waals surface area contributed by atoms with E-state index in [4.69, 9.17) is 4.74 Å². The standard InChI is InChI=1S/C14H22O8/c1-2-3-4-5-6-7-9(16)22-14(20,8-15)12-10(17)11(18)13(19)21-12/h12,15,17-18,20H,2-8H2,1H3/t12-,14+/m0/s1. The van der Waals surface area contributed by atoms with Crippen molar-refractivity contribution >= 4 is 11.9 Å². The Morgan fingerprint density at radius 1 is 1.27 bits per heavy atom. The molecule has 8 nitrogen and oxygen atoms in total. The SMILES string of the molecule is CCCCCCCC(=O)O[C@](O)(CO)[C@H]1OC(=O)C(O)=C1O. The van der Waals surface area contributed by atoms with Crippen LogP contribution < -0.4 is 0 Å². The molecule has 8 heteroatoms. The minimum Gasteiger partial charge on any atom is -0.505 e. The molecule has 0 spiro atoms. The molecule has 22 heavy (non-hydrogen) atoms. The van der Waals surface area contributed by atoms with Crippen molar-refractivity contribution in [3.8, 4) is 0 Å². The first kappa shape index (κ1) is 18.2. The second-order valence-electron chi connectivity index (χ2n) is 5.16. The first-order valence-electron chi connectivity index (χ1n) is 7.23. The molecule has 1 heterocycles. The molecule has 0 aliphatic carbocycles. The van der Waals surface area contributed by atoms with E-state index in [2.05, 4.69) is 11.7 Å². The van der Waals surface area contributed by atoms with Gasteiger partial charge in [0.25, 0.3) is 5.79 Å². The zero-order valence-electron chi connectivity index (χ0n) is 12.4. The average Bonchev–Trinajstić information content (AvgIpc) is 2.75. The molecule has 0 saturated carbocycles. The summed E-state index contributed by atoms with van der Waals surface area (Å²) >= 11 is 0. The summed E-state index contributed by atoms with van der Waals surface area (Å²) in [4.78, 5) is 22.8. The number of ether oxygens (including phenoxy) is 2. The van der Waals surface area contributed by atoms with Gasteiger partial charge in [0.05, 0.1) is 0 Å². The van der Waals surface area contributed by atoms with Gasteiger partial charge in [0, 0.05) is 6.42 Å². The van der Waals surface area contributed by atoms with Gasteiger partial charge in [-0.2, -0.15) is 0 Å². The Balaban J connectivity index is 2.56. The van der Waals surface area contributed by atoms with Crippen LogP contribution in [-0.2, 0) is 19.1 Å². The molecular weight excluding hydrogens is 296 g/mol. The monoisotopic (exact) mass is 318 g/mol. The summed E-state index contributed by atoms with van der Waals surface area (Å²) in [7, 11) is 0. The van der Waals surface area contributed by atoms with Gasteiger partial charge in [-0.1, -0.05) is 32.6 Å². The van der Waals surface area contributed by atoms with E-state index in [-0.39, 0.29) is 6.42 Å². The minimum atomic E-state index is -2.63. The molecule has 2 atom stereocenters. The van der Waals surface area contributed by atoms with Crippen LogP contribution >= 0.6 is 0 Å². The second kappa shape index (κ2) is 8.00. The largest absolute Gasteiger partial charge is 0.505 e. The van der Waals surface area contributed by atoms with E-state index in [0.29, 0.717) is 6.42 Å². The molecule has 0 aromatic rings. The quantitative estimate of drug-likeness (QED) is 0.279. The molecule has 0 aromatic heterocycles. The second-order valence-corrected chi connectivity index (χ2v) is 5.16. The predicted octanol–water partition coefficient (Wildman–Crippen LogP) is 0.824. The summed E-state index contributed by atoms with van der Waals surface area (Å²) in [6.45, 7) is 0.956. The molecule has 1 aliphatic rings. The van der Waals surface area contributed by atoms with Gasteiger partial charge in [-0.3, -0.25) is 4.79 Å². The summed E-state index contributed by atoms with van der Waals surface area (Å²) < 4.78 is 9.23. The summed E-state index contributed by atoms with van der Waals surface area (Å²) in [5.74, 6) is -6.79. The van der Waals surface area contributed by atoms with Gasteiger partial charge in [-0.15, -0.1) is 0 Å². The highest BCUT2D eigenvalue weighted by atomic mass is 16.7. The lowest BCUT2D eigenvalue weighted by atomic mass is 10.1. The van der Waals surface area contributed by atoms with Crippen LogP contribution in [0.3, 0.4) is 0 Å². The Hall–Kier alpha value is -1.80. The van der Waals surface area contributed by atoms with E-state index in [1.54, 1.807) is 0 Å². The van der Waals surface area contributed by atoms with Crippen LogP contribution in [0.15, 0.2) is 11.5 Å². The molecule has 4 N–H and O–H groups in total. The van der Waals surface area contributed by atoms with Gasteiger partial charge in [-0.05, 0) is 6.42 Å². The highest BCUT2D eigenvalue weighted by Crippen LogP contribution is 2.29. The highest BCUT2D eigenvalue weighted by Gasteiger charge is 2.51. The highest BCUT2D eigenvalue weighted by molar-refractivity contribution is 5.89. The fourth-order valence-corrected chi connectivity index (χ4v) is 2.04. The number of carbonyl (C=O) groups excluding carboxylic acids is 2. The maximum atomic E-state index is 11.7. The Morgan fingerprint density at radius 3 is 2.41 bits per heavy atom. The molecule has 0 bridgehead atoms. The smallest absolute Gasteiger partial charge is 0.378 e. The van der Waals surface area contributed by atoms with Crippen LogP contribution in [-0.4, -0.2) is 50.9 Å². The summed E-state index contributed by atoms with van der Waals surface area (Å²) in [6.07, 6.45) is 2.65. The van der Waals surface area contributed by atoms with Gasteiger partial charge in [0.1, 0.15) is 6.61 Å². The molecule has 0 unspecified atom stereocenters. The molecule has 1 rings (SSSR count). The van der Waals surface area contributed by atoms with Crippen molar-refractivity contribution in [2.75, 3.05) is 6.61 Å². The zero-order valence-corrected chi connectivity index (χ0v) is 12.4. The topological polar surface area (TPSA) is 134 Å². The van der Waals surface area contributed by atoms with Crippen LogP contribution in [0.4, 0.5) is 0 Å². The molecular formula is C14H22O8. The number of aliphatic hydroxyl groups is 4. The normalized spacial score (nSPS) is 20.7. The van der Waals surface area contributed by atoms with Gasteiger partial charge in [0.2, 0.25) is 11.9 Å². The fraction of sp³-hybridized carbons (Fsp3) is 0.714. The van der Waals surface area contributed by atoms with Crippen LogP contribution in [0.25, 0.3) is 0 Å². The molecule has 0 saturated heterocycles. The van der Waals surface area contributed by atoms with Gasteiger partial charge < -0.3 is 29.9 Å². The van der Waals surface area contributed by atoms with Crippen molar-refractivity contribution in [2.24, 2.45) is 0 Å². The van der Waals surface area contributed by atoms with E-state index in [0.717, 1.165) is 25.7 Å². The molecule has 0 amide bonds. The number of hydrogen-bond acceptors (Lipinski definition) is 8. The van der Waals surface area contributed by atoms with Gasteiger partial charge in [0.15, 0.2) is 5.76 Å². The fourth-order valence-electron chi connectivity index (χ4n) is 2.04. The van der Waals surface area contributed by atoms with Crippen molar-refractivity contribution in [3.05, 3.63) is 11.5 Å². The first-order chi connectivity index (χ1) is 10.4. The maximum Gasteiger partial charge on any atom is 0.378 e. The molecule has 0 radical (unpaired) electrons. The van der Waals surface area contributed by atoms with Crippen LogP contribution in [0.2, 0.25) is 0 Å².